The van der Waals surface area contributed by atoms with Gasteiger partial charge < -0.3 is 15.4 Å². The van der Waals surface area contributed by atoms with E-state index in [4.69, 9.17) is 4.74 Å². The molecule has 30 heavy (non-hydrogen) atoms. The average Bonchev–Trinajstić information content (AvgIpc) is 3.19. The second-order valence-electron chi connectivity index (χ2n) is 8.11. The highest BCUT2D eigenvalue weighted by atomic mass is 16.5. The van der Waals surface area contributed by atoms with Crippen LogP contribution >= 0.6 is 0 Å². The Morgan fingerprint density at radius 3 is 2.60 bits per heavy atom. The number of aliphatic imine (C=N–C) groups is 1. The van der Waals surface area contributed by atoms with Crippen LogP contribution in [-0.4, -0.2) is 71.3 Å². The first-order valence-electron chi connectivity index (χ1n) is 10.8. The Balaban J connectivity index is 1.51. The normalized spacial score (nSPS) is 16.6. The molecule has 0 saturated carbocycles. The molecule has 0 aromatic carbocycles. The maximum absolute atomic E-state index is 5.52. The fourth-order valence-electron chi connectivity index (χ4n) is 3.75. The van der Waals surface area contributed by atoms with Gasteiger partial charge in [-0.15, -0.1) is 0 Å². The number of pyridine rings is 1. The fourth-order valence-corrected chi connectivity index (χ4v) is 3.75. The van der Waals surface area contributed by atoms with E-state index in [1.54, 1.807) is 6.20 Å². The number of hydrogen-bond donors (Lipinski definition) is 2. The van der Waals surface area contributed by atoms with E-state index in [1.807, 2.05) is 37.0 Å². The largest absolute Gasteiger partial charge is 0.379 e. The summed E-state index contributed by atoms with van der Waals surface area (Å²) >= 11 is 0. The maximum atomic E-state index is 5.52. The quantitative estimate of drug-likeness (QED) is 0.509. The molecule has 1 unspecified atom stereocenters. The highest BCUT2D eigenvalue weighted by Gasteiger charge is 2.22. The van der Waals surface area contributed by atoms with Crippen molar-refractivity contribution in [2.45, 2.75) is 39.8 Å². The molecule has 164 valence electrons. The molecule has 0 amide bonds. The summed E-state index contributed by atoms with van der Waals surface area (Å²) in [6, 6.07) is 4.57. The lowest BCUT2D eigenvalue weighted by Crippen LogP contribution is -2.50. The van der Waals surface area contributed by atoms with Crippen LogP contribution in [0.3, 0.4) is 0 Å². The highest BCUT2D eigenvalue weighted by molar-refractivity contribution is 5.79. The summed E-state index contributed by atoms with van der Waals surface area (Å²) in [6.07, 6.45) is 6.75. The maximum Gasteiger partial charge on any atom is 0.191 e. The van der Waals surface area contributed by atoms with Crippen molar-refractivity contribution in [3.8, 4) is 5.82 Å². The van der Waals surface area contributed by atoms with Crippen molar-refractivity contribution >= 4 is 5.96 Å². The number of rotatable bonds is 8. The van der Waals surface area contributed by atoms with Crippen LogP contribution < -0.4 is 10.6 Å². The van der Waals surface area contributed by atoms with Crippen molar-refractivity contribution in [1.82, 2.24) is 30.1 Å². The molecule has 1 fully saturated rings. The van der Waals surface area contributed by atoms with Crippen LogP contribution in [0.15, 0.2) is 35.7 Å². The van der Waals surface area contributed by atoms with Crippen molar-refractivity contribution < 1.29 is 4.74 Å². The summed E-state index contributed by atoms with van der Waals surface area (Å²) in [6.45, 7) is 11.7. The van der Waals surface area contributed by atoms with Crippen LogP contribution in [0.5, 0.6) is 0 Å². The molecular formula is C22H35N7O. The Hall–Kier alpha value is -2.45. The molecule has 1 saturated heterocycles. The molecule has 2 N–H and O–H groups in total. The molecule has 1 atom stereocenters. The second kappa shape index (κ2) is 11.1. The number of aromatic nitrogens is 3. The van der Waals surface area contributed by atoms with Gasteiger partial charge in [0.15, 0.2) is 5.96 Å². The van der Waals surface area contributed by atoms with Gasteiger partial charge in [0.25, 0.3) is 0 Å². The number of guanidine groups is 1. The molecule has 8 heteroatoms. The first-order valence-corrected chi connectivity index (χ1v) is 10.8. The smallest absolute Gasteiger partial charge is 0.191 e. The molecule has 1 aliphatic heterocycles. The van der Waals surface area contributed by atoms with Gasteiger partial charge in [-0.05, 0) is 30.9 Å². The molecule has 1 aliphatic rings. The lowest BCUT2D eigenvalue weighted by molar-refractivity contribution is 0.0132. The zero-order valence-electron chi connectivity index (χ0n) is 18.6. The van der Waals surface area contributed by atoms with E-state index < -0.39 is 0 Å². The SMILES string of the molecule is CN=C(NCc1ccc(-n2ccnc2C)nc1)NCC(CC(C)C)N1CCOCC1. The molecule has 8 nitrogen and oxygen atoms in total. The third kappa shape index (κ3) is 6.27. The Bertz CT molecular complexity index is 794. The van der Waals surface area contributed by atoms with E-state index in [-0.39, 0.29) is 0 Å². The van der Waals surface area contributed by atoms with Crippen LogP contribution in [0.1, 0.15) is 31.7 Å². The van der Waals surface area contributed by atoms with Crippen LogP contribution in [-0.2, 0) is 11.3 Å². The van der Waals surface area contributed by atoms with E-state index >= 15 is 0 Å². The molecule has 0 radical (unpaired) electrons. The minimum absolute atomic E-state index is 0.479. The second-order valence-corrected chi connectivity index (χ2v) is 8.11. The van der Waals surface area contributed by atoms with Gasteiger partial charge in [-0.1, -0.05) is 19.9 Å². The first kappa shape index (κ1) is 22.2. The minimum Gasteiger partial charge on any atom is -0.379 e. The molecule has 0 aliphatic carbocycles. The number of hydrogen-bond acceptors (Lipinski definition) is 5. The first-order chi connectivity index (χ1) is 14.6. The molecule has 3 rings (SSSR count). The predicted octanol–water partition coefficient (Wildman–Crippen LogP) is 1.99. The van der Waals surface area contributed by atoms with Crippen LogP contribution in [0, 0.1) is 12.8 Å². The Morgan fingerprint density at radius 1 is 1.20 bits per heavy atom. The molecular weight excluding hydrogens is 378 g/mol. The molecule has 2 aromatic rings. The number of imidazole rings is 1. The van der Waals surface area contributed by atoms with Gasteiger partial charge in [-0.3, -0.25) is 14.5 Å². The summed E-state index contributed by atoms with van der Waals surface area (Å²) < 4.78 is 7.49. The van der Waals surface area contributed by atoms with Crippen molar-refractivity contribution in [3.05, 3.63) is 42.1 Å². The van der Waals surface area contributed by atoms with Crippen LogP contribution in [0.25, 0.3) is 5.82 Å². The van der Waals surface area contributed by atoms with E-state index in [0.717, 1.165) is 62.4 Å². The zero-order chi connectivity index (χ0) is 21.3. The van der Waals surface area contributed by atoms with Gasteiger partial charge in [0.2, 0.25) is 0 Å². The van der Waals surface area contributed by atoms with Gasteiger partial charge in [0.05, 0.1) is 13.2 Å². The number of morpholine rings is 1. The average molecular weight is 414 g/mol. The minimum atomic E-state index is 0.479. The Morgan fingerprint density at radius 2 is 2.00 bits per heavy atom. The standard InChI is InChI=1S/C22H35N7O/c1-17(2)13-20(28-9-11-30-12-10-28)16-27-22(23-4)26-15-19-5-6-21(25-14-19)29-8-7-24-18(29)3/h5-8,14,17,20H,9-13,15-16H2,1-4H3,(H2,23,26,27). The van der Waals surface area contributed by atoms with E-state index in [2.05, 4.69) is 50.4 Å². The number of ether oxygens (including phenoxy) is 1. The summed E-state index contributed by atoms with van der Waals surface area (Å²) in [5.74, 6) is 3.26. The highest BCUT2D eigenvalue weighted by Crippen LogP contribution is 2.13. The summed E-state index contributed by atoms with van der Waals surface area (Å²) in [7, 11) is 1.81. The number of nitrogens with zero attached hydrogens (tertiary/aromatic N) is 5. The molecule has 2 aromatic heterocycles. The van der Waals surface area contributed by atoms with Gasteiger partial charge in [0.1, 0.15) is 11.6 Å². The summed E-state index contributed by atoms with van der Waals surface area (Å²) in [5, 5.41) is 6.91. The Kier molecular flexibility index (Phi) is 8.21. The molecule has 0 bridgehead atoms. The zero-order valence-corrected chi connectivity index (χ0v) is 18.6. The lowest BCUT2D eigenvalue weighted by atomic mass is 10.0. The van der Waals surface area contributed by atoms with Gasteiger partial charge in [0, 0.05) is 57.9 Å². The monoisotopic (exact) mass is 413 g/mol. The summed E-state index contributed by atoms with van der Waals surface area (Å²) in [4.78, 5) is 15.7. The molecule has 3 heterocycles. The van der Waals surface area contributed by atoms with E-state index in [1.165, 1.54) is 0 Å². The van der Waals surface area contributed by atoms with Gasteiger partial charge >= 0.3 is 0 Å². The van der Waals surface area contributed by atoms with Crippen molar-refractivity contribution in [3.63, 3.8) is 0 Å². The van der Waals surface area contributed by atoms with E-state index in [0.29, 0.717) is 18.5 Å². The lowest BCUT2D eigenvalue weighted by Gasteiger charge is -2.35. The van der Waals surface area contributed by atoms with Gasteiger partial charge in [-0.25, -0.2) is 9.97 Å². The molecule has 0 spiro atoms. The third-order valence-corrected chi connectivity index (χ3v) is 5.38. The van der Waals surface area contributed by atoms with Crippen LogP contribution in [0.4, 0.5) is 0 Å². The van der Waals surface area contributed by atoms with E-state index in [9.17, 15) is 0 Å². The summed E-state index contributed by atoms with van der Waals surface area (Å²) in [5.41, 5.74) is 1.10. The predicted molar refractivity (Wildman–Crippen MR) is 120 cm³/mol. The topological polar surface area (TPSA) is 79.6 Å². The number of aryl methyl sites for hydroxylation is 1. The third-order valence-electron chi connectivity index (χ3n) is 5.38. The van der Waals surface area contributed by atoms with Gasteiger partial charge in [-0.2, -0.15) is 0 Å². The number of nitrogens with one attached hydrogen (secondary N) is 2. The van der Waals surface area contributed by atoms with Crippen LogP contribution in [0.2, 0.25) is 0 Å². The van der Waals surface area contributed by atoms with Crippen molar-refractivity contribution in [1.29, 1.82) is 0 Å². The fraction of sp³-hybridized carbons (Fsp3) is 0.591. The Labute approximate surface area is 179 Å². The van der Waals surface area contributed by atoms with Crippen molar-refractivity contribution in [2.24, 2.45) is 10.9 Å². The van der Waals surface area contributed by atoms with Crippen molar-refractivity contribution in [2.75, 3.05) is 39.9 Å².